The highest BCUT2D eigenvalue weighted by atomic mass is 16.5. The lowest BCUT2D eigenvalue weighted by atomic mass is 9.90. The van der Waals surface area contributed by atoms with Crippen LogP contribution in [0.2, 0.25) is 0 Å². The number of benzene rings is 2. The van der Waals surface area contributed by atoms with E-state index in [9.17, 15) is 0 Å². The van der Waals surface area contributed by atoms with Gasteiger partial charge in [0.05, 0.1) is 38.2 Å². The van der Waals surface area contributed by atoms with Crippen LogP contribution < -0.4 is 21.2 Å². The summed E-state index contributed by atoms with van der Waals surface area (Å²) < 4.78 is 18.4. The first-order valence-corrected chi connectivity index (χ1v) is 11.9. The van der Waals surface area contributed by atoms with Gasteiger partial charge in [-0.25, -0.2) is 4.98 Å². The van der Waals surface area contributed by atoms with Crippen molar-refractivity contribution in [3.05, 3.63) is 77.4 Å². The van der Waals surface area contributed by atoms with Crippen LogP contribution in [0, 0.1) is 5.92 Å². The number of fused-ring (bicyclic) bond motifs is 1. The number of methoxy groups -OCH3 is 2. The summed E-state index contributed by atoms with van der Waals surface area (Å²) in [6, 6.07) is 12.0. The van der Waals surface area contributed by atoms with E-state index >= 15 is 0 Å². The summed E-state index contributed by atoms with van der Waals surface area (Å²) >= 11 is 0. The van der Waals surface area contributed by atoms with Gasteiger partial charge in [-0.1, -0.05) is 25.1 Å². The first kappa shape index (κ1) is 25.2. The highest BCUT2D eigenvalue weighted by Crippen LogP contribution is 2.33. The molecule has 36 heavy (non-hydrogen) atoms. The molecule has 0 fully saturated rings. The van der Waals surface area contributed by atoms with Gasteiger partial charge >= 0.3 is 0 Å². The van der Waals surface area contributed by atoms with Crippen LogP contribution in [-0.2, 0) is 16.1 Å². The molecule has 1 atom stereocenters. The van der Waals surface area contributed by atoms with Crippen LogP contribution in [0.15, 0.2) is 54.9 Å². The first-order chi connectivity index (χ1) is 17.5. The number of nitrogens with zero attached hydrogens (tertiary/aromatic N) is 2. The molecule has 1 aromatic heterocycles. The molecular formula is C28H34N5O3+. The SMILES string of the molecule is COCCOCc1ccc(N/C2=C\CC(C)/C(c3ccc(C=[NH2+])c(N)c3)=C\n3ccnc32)cc1OC. The van der Waals surface area contributed by atoms with Crippen molar-refractivity contribution in [3.63, 3.8) is 0 Å². The Kier molecular flexibility index (Phi) is 8.20. The number of ether oxygens (including phenoxy) is 3. The Balaban J connectivity index is 1.59. The van der Waals surface area contributed by atoms with Crippen molar-refractivity contribution in [3.8, 4) is 5.75 Å². The van der Waals surface area contributed by atoms with Crippen LogP contribution in [0.1, 0.15) is 35.9 Å². The zero-order valence-corrected chi connectivity index (χ0v) is 21.0. The van der Waals surface area contributed by atoms with Gasteiger partial charge in [0.25, 0.3) is 0 Å². The molecule has 188 valence electrons. The second-order valence-corrected chi connectivity index (χ2v) is 8.70. The fourth-order valence-electron chi connectivity index (χ4n) is 4.21. The summed E-state index contributed by atoms with van der Waals surface area (Å²) in [7, 11) is 3.32. The predicted molar refractivity (Wildman–Crippen MR) is 144 cm³/mol. The zero-order chi connectivity index (χ0) is 25.5. The summed E-state index contributed by atoms with van der Waals surface area (Å²) in [5.74, 6) is 1.84. The Bertz CT molecular complexity index is 1280. The molecular weight excluding hydrogens is 454 g/mol. The highest BCUT2D eigenvalue weighted by molar-refractivity contribution is 5.87. The largest absolute Gasteiger partial charge is 0.496 e. The molecule has 8 heteroatoms. The van der Waals surface area contributed by atoms with E-state index in [-0.39, 0.29) is 5.92 Å². The van der Waals surface area contributed by atoms with Gasteiger partial charge in [0.15, 0.2) is 12.0 Å². The van der Waals surface area contributed by atoms with Crippen molar-refractivity contribution in [2.24, 2.45) is 5.92 Å². The Morgan fingerprint density at radius 3 is 2.81 bits per heavy atom. The van der Waals surface area contributed by atoms with E-state index < -0.39 is 0 Å². The maximum Gasteiger partial charge on any atom is 0.169 e. The van der Waals surface area contributed by atoms with Gasteiger partial charge in [-0.05, 0) is 41.7 Å². The maximum atomic E-state index is 6.21. The van der Waals surface area contributed by atoms with Crippen LogP contribution in [-0.4, -0.2) is 43.2 Å². The minimum atomic E-state index is 0.255. The van der Waals surface area contributed by atoms with Gasteiger partial charge in [-0.3, -0.25) is 5.41 Å². The highest BCUT2D eigenvalue weighted by Gasteiger charge is 2.19. The molecule has 4 rings (SSSR count). The Morgan fingerprint density at radius 1 is 1.19 bits per heavy atom. The first-order valence-electron chi connectivity index (χ1n) is 11.9. The topological polar surface area (TPSA) is 109 Å². The second kappa shape index (κ2) is 11.7. The Morgan fingerprint density at radius 2 is 2.06 bits per heavy atom. The second-order valence-electron chi connectivity index (χ2n) is 8.70. The third-order valence-corrected chi connectivity index (χ3v) is 6.25. The van der Waals surface area contributed by atoms with E-state index in [1.165, 1.54) is 11.8 Å². The summed E-state index contributed by atoms with van der Waals surface area (Å²) in [6.45, 7) is 3.76. The van der Waals surface area contributed by atoms with Crippen LogP contribution in [0.3, 0.4) is 0 Å². The molecule has 1 aliphatic rings. The van der Waals surface area contributed by atoms with Crippen molar-refractivity contribution >= 4 is 35.1 Å². The van der Waals surface area contributed by atoms with E-state index in [1.807, 2.05) is 41.1 Å². The van der Waals surface area contributed by atoms with E-state index in [1.54, 1.807) is 20.4 Å². The van der Waals surface area contributed by atoms with Gasteiger partial charge in [-0.15, -0.1) is 0 Å². The molecule has 1 unspecified atom stereocenters. The number of imidazole rings is 1. The molecule has 0 radical (unpaired) electrons. The van der Waals surface area contributed by atoms with Crippen molar-refractivity contribution in [2.75, 3.05) is 38.5 Å². The minimum Gasteiger partial charge on any atom is -0.496 e. The molecule has 0 aliphatic carbocycles. The van der Waals surface area contributed by atoms with Crippen molar-refractivity contribution < 1.29 is 19.6 Å². The standard InChI is InChI=1S/C28H33N5O3/c1-19-4-9-26(32-23-8-7-22(27(15-23)35-3)18-36-13-12-34-2)28-31-10-11-33(28)17-24(19)20-5-6-21(16-29)25(30)14-20/h5-11,14-17,19,29,32H,4,12-13,18,30H2,1-3H3/p+1/b24-17+,26-9-,29-16?. The molecule has 8 nitrogen and oxygen atoms in total. The molecule has 3 aromatic rings. The van der Waals surface area contributed by atoms with Gasteiger partial charge in [0.2, 0.25) is 0 Å². The lowest BCUT2D eigenvalue weighted by Crippen LogP contribution is -2.30. The smallest absolute Gasteiger partial charge is 0.169 e. The third kappa shape index (κ3) is 5.67. The van der Waals surface area contributed by atoms with Crippen molar-refractivity contribution in [1.29, 1.82) is 0 Å². The van der Waals surface area contributed by atoms with Crippen LogP contribution in [0.4, 0.5) is 11.4 Å². The van der Waals surface area contributed by atoms with Gasteiger partial charge < -0.3 is 29.8 Å². The van der Waals surface area contributed by atoms with Gasteiger partial charge in [0.1, 0.15) is 5.75 Å². The van der Waals surface area contributed by atoms with Crippen molar-refractivity contribution in [1.82, 2.24) is 9.55 Å². The van der Waals surface area contributed by atoms with Gasteiger partial charge in [0, 0.05) is 48.7 Å². The fraction of sp³-hybridized carbons (Fsp3) is 0.286. The van der Waals surface area contributed by atoms with E-state index in [4.69, 9.17) is 25.4 Å². The normalized spacial score (nSPS) is 18.1. The summed E-state index contributed by atoms with van der Waals surface area (Å²) in [5, 5.41) is 9.21. The fourth-order valence-corrected chi connectivity index (χ4v) is 4.21. The molecule has 0 saturated carbocycles. The minimum absolute atomic E-state index is 0.255. The quantitative estimate of drug-likeness (QED) is 0.230. The number of anilines is 2. The molecule has 2 heterocycles. The van der Waals surface area contributed by atoms with E-state index in [0.29, 0.717) is 25.5 Å². The summed E-state index contributed by atoms with van der Waals surface area (Å²) in [4.78, 5) is 4.63. The van der Waals surface area contributed by atoms with Crippen LogP contribution >= 0.6 is 0 Å². The van der Waals surface area contributed by atoms with E-state index in [2.05, 4.69) is 35.6 Å². The predicted octanol–water partition coefficient (Wildman–Crippen LogP) is 3.31. The number of hydrogen-bond acceptors (Lipinski definition) is 6. The zero-order valence-electron chi connectivity index (χ0n) is 21.0. The molecule has 5 N–H and O–H groups in total. The lowest BCUT2D eigenvalue weighted by molar-refractivity contribution is -0.104. The Hall–Kier alpha value is -3.88. The number of hydrogen-bond donors (Lipinski definition) is 3. The monoisotopic (exact) mass is 488 g/mol. The molecule has 0 saturated heterocycles. The van der Waals surface area contributed by atoms with Crippen molar-refractivity contribution in [2.45, 2.75) is 20.0 Å². The number of aromatic nitrogens is 2. The average molecular weight is 489 g/mol. The summed E-state index contributed by atoms with van der Waals surface area (Å²) in [5.41, 5.74) is 12.8. The third-order valence-electron chi connectivity index (χ3n) is 6.25. The number of nitrogens with two attached hydrogens (primary N) is 2. The Labute approximate surface area is 211 Å². The number of nitrogens with one attached hydrogen (secondary N) is 1. The van der Waals surface area contributed by atoms with E-state index in [0.717, 1.165) is 46.1 Å². The molecule has 0 amide bonds. The van der Waals surface area contributed by atoms with Crippen LogP contribution in [0.5, 0.6) is 5.75 Å². The number of allylic oxidation sites excluding steroid dienone is 2. The number of rotatable bonds is 10. The lowest BCUT2D eigenvalue weighted by Gasteiger charge is -2.21. The summed E-state index contributed by atoms with van der Waals surface area (Å²) in [6.07, 6.45) is 10.4. The average Bonchev–Trinajstić information content (AvgIpc) is 3.34. The van der Waals surface area contributed by atoms with Gasteiger partial charge in [-0.2, -0.15) is 0 Å². The molecule has 0 bridgehead atoms. The molecule has 1 aliphatic heterocycles. The maximum absolute atomic E-state index is 6.21. The molecule has 0 spiro atoms. The molecule has 2 aromatic carbocycles. The number of nitrogen functional groups attached to an aromatic ring is 1. The van der Waals surface area contributed by atoms with Crippen LogP contribution in [0.25, 0.3) is 17.5 Å².